The van der Waals surface area contributed by atoms with Crippen molar-refractivity contribution in [3.63, 3.8) is 0 Å². The molecule has 5 rings (SSSR count). The number of hydrogen-bond acceptors (Lipinski definition) is 5. The van der Waals surface area contributed by atoms with E-state index in [4.69, 9.17) is 19.2 Å². The first kappa shape index (κ1) is 22.8. The summed E-state index contributed by atoms with van der Waals surface area (Å²) >= 11 is 0. The molecule has 0 bridgehead atoms. The molecule has 0 unspecified atom stereocenters. The summed E-state index contributed by atoms with van der Waals surface area (Å²) in [6.07, 6.45) is 1.24. The number of rotatable bonds is 9. The first-order valence-electron chi connectivity index (χ1n) is 11.8. The molecule has 1 amide bonds. The molecule has 1 atom stereocenters. The third kappa shape index (κ3) is 4.67. The van der Waals surface area contributed by atoms with Gasteiger partial charge in [-0.2, -0.15) is 0 Å². The molecular weight excluding hydrogens is 442 g/mol. The lowest BCUT2D eigenvalue weighted by atomic mass is 10.1. The van der Waals surface area contributed by atoms with E-state index in [9.17, 15) is 4.79 Å². The summed E-state index contributed by atoms with van der Waals surface area (Å²) in [6, 6.07) is 23.4. The molecule has 4 aromatic rings. The second-order valence-corrected chi connectivity index (χ2v) is 8.57. The Morgan fingerprint density at radius 2 is 1.66 bits per heavy atom. The number of carbonyl (C=O) groups excluding carboxylic acids is 1. The molecule has 0 N–H and O–H groups in total. The Morgan fingerprint density at radius 1 is 0.914 bits per heavy atom. The van der Waals surface area contributed by atoms with E-state index in [1.165, 1.54) is 0 Å². The number of hydrogen-bond donors (Lipinski definition) is 0. The molecule has 1 saturated heterocycles. The highest BCUT2D eigenvalue weighted by Crippen LogP contribution is 2.34. The molecule has 3 aromatic carbocycles. The fourth-order valence-corrected chi connectivity index (χ4v) is 4.68. The van der Waals surface area contributed by atoms with Crippen molar-refractivity contribution in [2.45, 2.75) is 25.3 Å². The third-order valence-corrected chi connectivity index (χ3v) is 6.41. The zero-order chi connectivity index (χ0) is 24.2. The number of benzene rings is 3. The summed E-state index contributed by atoms with van der Waals surface area (Å²) in [6.45, 7) is 1.90. The van der Waals surface area contributed by atoms with Crippen LogP contribution in [0.15, 0.2) is 72.8 Å². The molecule has 0 aliphatic carbocycles. The number of methoxy groups -OCH3 is 2. The highest BCUT2D eigenvalue weighted by atomic mass is 16.5. The molecule has 0 spiro atoms. The van der Waals surface area contributed by atoms with Gasteiger partial charge in [-0.05, 0) is 55.0 Å². The van der Waals surface area contributed by atoms with Crippen LogP contribution in [0, 0.1) is 0 Å². The molecule has 2 heterocycles. The van der Waals surface area contributed by atoms with E-state index < -0.39 is 0 Å². The quantitative estimate of drug-likeness (QED) is 0.320. The summed E-state index contributed by atoms with van der Waals surface area (Å²) in [5.41, 5.74) is 2.91. The molecule has 35 heavy (non-hydrogen) atoms. The van der Waals surface area contributed by atoms with Gasteiger partial charge in [-0.15, -0.1) is 0 Å². The highest BCUT2D eigenvalue weighted by molar-refractivity contribution is 5.96. The van der Waals surface area contributed by atoms with Crippen molar-refractivity contribution in [1.82, 2.24) is 9.55 Å². The lowest BCUT2D eigenvalue weighted by molar-refractivity contribution is -0.117. The second-order valence-electron chi connectivity index (χ2n) is 8.57. The Morgan fingerprint density at radius 3 is 2.43 bits per heavy atom. The fourth-order valence-electron chi connectivity index (χ4n) is 4.68. The zero-order valence-corrected chi connectivity index (χ0v) is 20.0. The highest BCUT2D eigenvalue weighted by Gasteiger charge is 2.34. The van der Waals surface area contributed by atoms with Crippen LogP contribution >= 0.6 is 0 Å². The van der Waals surface area contributed by atoms with Crippen molar-refractivity contribution in [3.8, 4) is 17.2 Å². The Hall–Kier alpha value is -4.00. The van der Waals surface area contributed by atoms with Crippen LogP contribution in [0.5, 0.6) is 17.2 Å². The average Bonchev–Trinajstić information content (AvgIpc) is 3.47. The van der Waals surface area contributed by atoms with E-state index >= 15 is 0 Å². The van der Waals surface area contributed by atoms with Gasteiger partial charge in [0.15, 0.2) is 11.5 Å². The Bertz CT molecular complexity index is 1320. The Kier molecular flexibility index (Phi) is 6.57. The zero-order valence-electron chi connectivity index (χ0n) is 20.0. The molecule has 7 nitrogen and oxygen atoms in total. The van der Waals surface area contributed by atoms with Gasteiger partial charge in [0.05, 0.1) is 31.9 Å². The van der Waals surface area contributed by atoms with Gasteiger partial charge in [0, 0.05) is 31.1 Å². The van der Waals surface area contributed by atoms with E-state index in [2.05, 4.69) is 10.6 Å². The molecule has 7 heteroatoms. The predicted octanol–water partition coefficient (Wildman–Crippen LogP) is 5.04. The average molecular weight is 472 g/mol. The van der Waals surface area contributed by atoms with Gasteiger partial charge in [-0.25, -0.2) is 4.98 Å². The van der Waals surface area contributed by atoms with Gasteiger partial charge < -0.3 is 23.7 Å². The standard InChI is InChI=1S/C28H29N3O4/c1-33-22-14-12-21(13-15-22)31-19-20(18-27(31)32)28-29-23-8-3-4-9-24(23)30(28)16-7-17-35-26-11-6-5-10-25(26)34-2/h3-6,8-15,20H,7,16-19H2,1-2H3/t20-/m1/s1. The van der Waals surface area contributed by atoms with Crippen molar-refractivity contribution < 1.29 is 19.0 Å². The van der Waals surface area contributed by atoms with Crippen molar-refractivity contribution in [3.05, 3.63) is 78.6 Å². The lowest BCUT2D eigenvalue weighted by Gasteiger charge is -2.18. The van der Waals surface area contributed by atoms with E-state index in [0.717, 1.165) is 52.8 Å². The first-order valence-corrected chi connectivity index (χ1v) is 11.8. The summed E-state index contributed by atoms with van der Waals surface area (Å²) < 4.78 is 18.9. The summed E-state index contributed by atoms with van der Waals surface area (Å²) in [5.74, 6) is 3.32. The summed E-state index contributed by atoms with van der Waals surface area (Å²) in [5, 5.41) is 0. The third-order valence-electron chi connectivity index (χ3n) is 6.41. The maximum absolute atomic E-state index is 12.9. The van der Waals surface area contributed by atoms with Crippen LogP contribution < -0.4 is 19.1 Å². The first-order chi connectivity index (χ1) is 17.2. The Labute approximate surface area is 204 Å². The molecule has 0 radical (unpaired) electrons. The number of amides is 1. The molecule has 180 valence electrons. The van der Waals surface area contributed by atoms with Gasteiger partial charge in [-0.3, -0.25) is 4.79 Å². The minimum Gasteiger partial charge on any atom is -0.497 e. The van der Waals surface area contributed by atoms with E-state index in [0.29, 0.717) is 19.6 Å². The van der Waals surface area contributed by atoms with Gasteiger partial charge in [-0.1, -0.05) is 24.3 Å². The largest absolute Gasteiger partial charge is 0.497 e. The van der Waals surface area contributed by atoms with Crippen molar-refractivity contribution in [1.29, 1.82) is 0 Å². The monoisotopic (exact) mass is 471 g/mol. The van der Waals surface area contributed by atoms with Crippen molar-refractivity contribution in [2.24, 2.45) is 0 Å². The maximum atomic E-state index is 12.9. The van der Waals surface area contributed by atoms with Crippen molar-refractivity contribution in [2.75, 3.05) is 32.3 Å². The normalized spacial score (nSPS) is 15.5. The Balaban J connectivity index is 1.33. The molecule has 1 fully saturated rings. The molecule has 0 saturated carbocycles. The van der Waals surface area contributed by atoms with Crippen molar-refractivity contribution >= 4 is 22.6 Å². The number of para-hydroxylation sites is 4. The van der Waals surface area contributed by atoms with Crippen LogP contribution in [0.1, 0.15) is 24.6 Å². The van der Waals surface area contributed by atoms with Gasteiger partial charge >= 0.3 is 0 Å². The number of aromatic nitrogens is 2. The van der Waals surface area contributed by atoms with Gasteiger partial charge in [0.2, 0.25) is 5.91 Å². The second kappa shape index (κ2) is 10.1. The summed E-state index contributed by atoms with van der Waals surface area (Å²) in [7, 11) is 3.28. The number of imidazole rings is 1. The summed E-state index contributed by atoms with van der Waals surface area (Å²) in [4.78, 5) is 19.7. The smallest absolute Gasteiger partial charge is 0.227 e. The van der Waals surface area contributed by atoms with Crippen LogP contribution in [-0.2, 0) is 11.3 Å². The van der Waals surface area contributed by atoms with E-state index in [-0.39, 0.29) is 11.8 Å². The molecular formula is C28H29N3O4. The minimum absolute atomic E-state index is 0.0205. The lowest BCUT2D eigenvalue weighted by Crippen LogP contribution is -2.24. The SMILES string of the molecule is COc1ccc(N2C[C@H](c3nc4ccccc4n3CCCOc3ccccc3OC)CC2=O)cc1. The topological polar surface area (TPSA) is 65.8 Å². The van der Waals surface area contributed by atoms with Crippen LogP contribution in [0.25, 0.3) is 11.0 Å². The number of aryl methyl sites for hydroxylation is 1. The minimum atomic E-state index is 0.0205. The molecule has 1 aromatic heterocycles. The van der Waals surface area contributed by atoms with Gasteiger partial charge in [0.1, 0.15) is 11.6 Å². The predicted molar refractivity (Wildman–Crippen MR) is 136 cm³/mol. The number of carbonyl (C=O) groups is 1. The number of ether oxygens (including phenoxy) is 3. The maximum Gasteiger partial charge on any atom is 0.227 e. The fraction of sp³-hybridized carbons (Fsp3) is 0.286. The van der Waals surface area contributed by atoms with Crippen LogP contribution in [0.2, 0.25) is 0 Å². The van der Waals surface area contributed by atoms with E-state index in [1.807, 2.05) is 71.6 Å². The van der Waals surface area contributed by atoms with Crippen LogP contribution in [0.3, 0.4) is 0 Å². The molecule has 1 aliphatic rings. The van der Waals surface area contributed by atoms with Gasteiger partial charge in [0.25, 0.3) is 0 Å². The number of fused-ring (bicyclic) bond motifs is 1. The number of nitrogens with zero attached hydrogens (tertiary/aromatic N) is 3. The van der Waals surface area contributed by atoms with Crippen LogP contribution in [-0.4, -0.2) is 42.8 Å². The number of anilines is 1. The van der Waals surface area contributed by atoms with Crippen LogP contribution in [0.4, 0.5) is 5.69 Å². The van der Waals surface area contributed by atoms with E-state index in [1.54, 1.807) is 14.2 Å². The molecule has 1 aliphatic heterocycles.